The summed E-state index contributed by atoms with van der Waals surface area (Å²) >= 11 is 0. The fourth-order valence-electron chi connectivity index (χ4n) is 3.59. The smallest absolute Gasteiger partial charge is 0.0623 e. The molecule has 0 radical (unpaired) electrons. The van der Waals surface area contributed by atoms with E-state index in [9.17, 15) is 5.48 Å². The van der Waals surface area contributed by atoms with Crippen molar-refractivity contribution in [2.75, 3.05) is 0 Å². The molecule has 1 heteroatoms. The van der Waals surface area contributed by atoms with Gasteiger partial charge < -0.3 is 0 Å². The zero-order chi connectivity index (χ0) is 37.5. The molecule has 32 heavy (non-hydrogen) atoms. The Balaban J connectivity index is 2.27. The summed E-state index contributed by atoms with van der Waals surface area (Å²) in [5.41, 5.74) is -1.47. The van der Waals surface area contributed by atoms with Crippen LogP contribution in [0.25, 0.3) is 11.1 Å². The first kappa shape index (κ1) is 8.35. The number of hydrogen-bond donors (Lipinski definition) is 0. The van der Waals surface area contributed by atoms with Crippen LogP contribution in [0.1, 0.15) is 30.2 Å². The Kier molecular flexibility index (Phi) is 2.30. The highest BCUT2D eigenvalue weighted by molar-refractivity contribution is 7.19. The molecule has 0 bridgehead atoms. The quantitative estimate of drug-likeness (QED) is 0.263. The van der Waals surface area contributed by atoms with Crippen LogP contribution in [-0.4, -0.2) is 8.07 Å². The van der Waals surface area contributed by atoms with Crippen molar-refractivity contribution < 1.29 is 24.7 Å². The predicted molar refractivity (Wildman–Crippen MR) is 140 cm³/mol. The van der Waals surface area contributed by atoms with E-state index in [4.69, 9.17) is 19.2 Å². The minimum Gasteiger partial charge on any atom is -0.0623 e. The summed E-state index contributed by atoms with van der Waals surface area (Å²) in [5, 5.41) is -1.52. The van der Waals surface area contributed by atoms with Crippen LogP contribution in [0.5, 0.6) is 0 Å². The lowest BCUT2D eigenvalue weighted by molar-refractivity contribution is 1.49. The third-order valence-corrected chi connectivity index (χ3v) is 9.16. The highest BCUT2D eigenvalue weighted by atomic mass is 28.3. The van der Waals surface area contributed by atoms with Crippen LogP contribution in [0.2, 0.25) is 0 Å². The van der Waals surface area contributed by atoms with E-state index in [1.165, 1.54) is 31.2 Å². The van der Waals surface area contributed by atoms with E-state index in [2.05, 4.69) is 0 Å². The van der Waals surface area contributed by atoms with Crippen LogP contribution in [0.3, 0.4) is 0 Å². The van der Waals surface area contributed by atoms with Crippen molar-refractivity contribution in [1.82, 2.24) is 0 Å². The molecule has 154 valence electrons. The molecular formula is C31H26Si. The zero-order valence-electron chi connectivity index (χ0n) is 34.9. The lowest BCUT2D eigenvalue weighted by Crippen LogP contribution is -2.74. The van der Waals surface area contributed by atoms with Crippen LogP contribution < -0.4 is 20.7 Å². The third kappa shape index (κ3) is 3.61. The van der Waals surface area contributed by atoms with Gasteiger partial charge in [0, 0.05) is 0 Å². The van der Waals surface area contributed by atoms with Gasteiger partial charge in [-0.3, -0.25) is 0 Å². The summed E-state index contributed by atoms with van der Waals surface area (Å²) in [5.74, 6) is 0. The van der Waals surface area contributed by atoms with Crippen molar-refractivity contribution >= 4 is 28.8 Å². The molecule has 0 N–H and O–H groups in total. The molecule has 5 aromatic rings. The van der Waals surface area contributed by atoms with Crippen molar-refractivity contribution in [2.45, 2.75) is 6.92 Å². The van der Waals surface area contributed by atoms with Crippen LogP contribution >= 0.6 is 0 Å². The Morgan fingerprint density at radius 1 is 0.500 bits per heavy atom. The van der Waals surface area contributed by atoms with Crippen LogP contribution in [-0.2, 0) is 0 Å². The van der Waals surface area contributed by atoms with Gasteiger partial charge in [0.2, 0.25) is 0 Å². The maximum atomic E-state index is 9.65. The van der Waals surface area contributed by atoms with Gasteiger partial charge in [0.05, 0.1) is 24.7 Å². The van der Waals surface area contributed by atoms with Gasteiger partial charge in [-0.05, 0) is 38.8 Å². The lowest BCUT2D eigenvalue weighted by Gasteiger charge is -2.35. The van der Waals surface area contributed by atoms with Crippen molar-refractivity contribution in [3.8, 4) is 11.1 Å². The molecular weight excluding hydrogens is 400 g/mol. The van der Waals surface area contributed by atoms with Gasteiger partial charge in [0.15, 0.2) is 8.07 Å². The number of rotatable bonds is 5. The number of hydrogen-bond acceptors (Lipinski definition) is 0. The lowest BCUT2D eigenvalue weighted by atomic mass is 10.1. The van der Waals surface area contributed by atoms with Crippen molar-refractivity contribution in [2.24, 2.45) is 0 Å². The largest absolute Gasteiger partial charge is 0.179 e. The molecule has 0 aliphatic carbocycles. The average Bonchev–Trinajstić information content (AvgIpc) is 3.10. The molecule has 0 fully saturated rings. The molecule has 0 aliphatic heterocycles. The highest BCUT2D eigenvalue weighted by Crippen LogP contribution is 2.19. The molecule has 0 saturated heterocycles. The van der Waals surface area contributed by atoms with E-state index < -0.39 is 144 Å². The summed E-state index contributed by atoms with van der Waals surface area (Å²) < 4.78 is 158. The van der Waals surface area contributed by atoms with E-state index in [1.807, 2.05) is 0 Å². The Hall–Kier alpha value is -3.68. The van der Waals surface area contributed by atoms with Crippen molar-refractivity contribution in [3.63, 3.8) is 0 Å². The Labute approximate surface area is 217 Å². The van der Waals surface area contributed by atoms with Crippen LogP contribution in [0.4, 0.5) is 0 Å². The minimum atomic E-state index is -5.14. The normalized spacial score (nSPS) is 20.7. The highest BCUT2D eigenvalue weighted by Gasteiger charge is 2.41. The zero-order valence-corrected chi connectivity index (χ0v) is 17.9. The molecule has 0 saturated carbocycles. The molecule has 0 nitrogen and oxygen atoms in total. The Morgan fingerprint density at radius 3 is 1.78 bits per heavy atom. The summed E-state index contributed by atoms with van der Waals surface area (Å²) in [7, 11) is -5.14. The molecule has 0 heterocycles. The fraction of sp³-hybridized carbons (Fsp3) is 0.0323. The molecule has 5 rings (SSSR count). The number of benzene rings is 5. The Morgan fingerprint density at radius 2 is 1.06 bits per heavy atom. The summed E-state index contributed by atoms with van der Waals surface area (Å²) in [6.45, 7) is 1.32. The van der Waals surface area contributed by atoms with Gasteiger partial charge in [-0.25, -0.2) is 0 Å². The van der Waals surface area contributed by atoms with E-state index in [-0.39, 0.29) is 10.8 Å². The van der Waals surface area contributed by atoms with Gasteiger partial charge >= 0.3 is 0 Å². The SMILES string of the molecule is [2H]c1c([2H])c([2H])c(-c2c([2H])c([2H])c([2H])c([Si](c3ccccc3)(c3c([2H])c([2H])c([2H])c([2H])c3[2H])c3c([2H])c([2H])c([2H])c(C)c3[2H])c2[2H])c([2H])c1[2H]. The second kappa shape index (κ2) is 8.82. The Bertz CT molecular complexity index is 2110. The molecule has 0 aromatic heterocycles. The average molecular weight is 445 g/mol. The molecule has 0 spiro atoms. The van der Waals surface area contributed by atoms with Crippen LogP contribution in [0, 0.1) is 6.92 Å². The van der Waals surface area contributed by atoms with E-state index in [0.717, 1.165) is 0 Å². The van der Waals surface area contributed by atoms with E-state index in [0.29, 0.717) is 0 Å². The molecule has 1 atom stereocenters. The molecule has 0 aliphatic rings. The fourth-order valence-corrected chi connectivity index (χ4v) is 7.59. The van der Waals surface area contributed by atoms with E-state index >= 15 is 0 Å². The monoisotopic (exact) mass is 444 g/mol. The van der Waals surface area contributed by atoms with Gasteiger partial charge in [0.1, 0.15) is 0 Å². The van der Waals surface area contributed by atoms with Crippen LogP contribution in [0.15, 0.2) is 139 Å². The molecule has 0 amide bonds. The first-order valence-electron chi connectivity index (χ1n) is 18.7. The predicted octanol–water partition coefficient (Wildman–Crippen LogP) is 5.04. The maximum Gasteiger partial charge on any atom is 0.179 e. The van der Waals surface area contributed by atoms with Gasteiger partial charge in [0.25, 0.3) is 0 Å². The molecule has 1 unspecified atom stereocenters. The first-order chi connectivity index (χ1) is 23.3. The second-order valence-electron chi connectivity index (χ2n) is 6.87. The topological polar surface area (TPSA) is 0 Å². The van der Waals surface area contributed by atoms with Gasteiger partial charge in [-0.1, -0.05) is 145 Å². The second-order valence-corrected chi connectivity index (χ2v) is 10.4. The maximum absolute atomic E-state index is 9.65. The van der Waals surface area contributed by atoms with Crippen molar-refractivity contribution in [1.29, 1.82) is 0 Å². The minimum absolute atomic E-state index is 0.0446. The summed E-state index contributed by atoms with van der Waals surface area (Å²) in [6, 6.07) is -6.77. The van der Waals surface area contributed by atoms with E-state index in [1.54, 1.807) is 6.07 Å². The standard InChI is InChI=1S/C31H26Si/c1-25-13-11-21-30(23-25)32(28-17-7-3-8-18-28,29-19-9-4-10-20-29)31-22-12-16-27(24-31)26-14-5-2-6-15-26/h2-24H,1H3/i2D,3D,5D,6D,7D,8D,11D,12D,13D,14D,15D,16D,17D,18D,21D,22D,23D,24D. The summed E-state index contributed by atoms with van der Waals surface area (Å²) in [4.78, 5) is 0. The van der Waals surface area contributed by atoms with Crippen molar-refractivity contribution in [3.05, 3.63) is 145 Å². The summed E-state index contributed by atoms with van der Waals surface area (Å²) in [6.07, 6.45) is 0. The first-order valence-corrected chi connectivity index (χ1v) is 11.7. The van der Waals surface area contributed by atoms with Gasteiger partial charge in [-0.15, -0.1) is 0 Å². The molecule has 5 aromatic carbocycles. The van der Waals surface area contributed by atoms with Gasteiger partial charge in [-0.2, -0.15) is 0 Å². The third-order valence-electron chi connectivity index (χ3n) is 4.96.